The summed E-state index contributed by atoms with van der Waals surface area (Å²) in [4.78, 5) is 4.71. The molecular weight excluding hydrogens is 198 g/mol. The molecule has 0 fully saturated rings. The Labute approximate surface area is 89.5 Å². The van der Waals surface area contributed by atoms with Gasteiger partial charge in [0.25, 0.3) is 0 Å². The maximum Gasteiger partial charge on any atom is 0.106 e. The molecule has 0 saturated carbocycles. The third-order valence-electron chi connectivity index (χ3n) is 2.20. The summed E-state index contributed by atoms with van der Waals surface area (Å²) in [7, 11) is 1.53. The Morgan fingerprint density at radius 2 is 1.86 bits per heavy atom. The van der Waals surface area contributed by atoms with Crippen molar-refractivity contribution in [3.63, 3.8) is 0 Å². The van der Waals surface area contributed by atoms with E-state index in [9.17, 15) is 0 Å². The second-order valence-corrected chi connectivity index (χ2v) is 3.68. The van der Waals surface area contributed by atoms with Crippen LogP contribution in [0.2, 0.25) is 5.02 Å². The highest BCUT2D eigenvalue weighted by molar-refractivity contribution is 6.34. The molecule has 0 bridgehead atoms. The lowest BCUT2D eigenvalue weighted by atomic mass is 10.0. The van der Waals surface area contributed by atoms with Gasteiger partial charge in [-0.2, -0.15) is 0 Å². The molecule has 0 spiro atoms. The van der Waals surface area contributed by atoms with E-state index in [-0.39, 0.29) is 0 Å². The minimum Gasteiger partial charge on any atom is -0.399 e. The first-order valence-corrected chi connectivity index (χ1v) is 4.79. The fraction of sp³-hybridized carbons (Fsp3) is 0.364. The van der Waals surface area contributed by atoms with Crippen LogP contribution in [-0.4, -0.2) is 12.8 Å². The molecule has 1 rings (SSSR count). The molecule has 0 amide bonds. The van der Waals surface area contributed by atoms with E-state index in [1.165, 1.54) is 18.2 Å². The van der Waals surface area contributed by atoms with Crippen LogP contribution in [-0.2, 0) is 4.84 Å². The monoisotopic (exact) mass is 211 g/mol. The Kier molecular flexibility index (Phi) is 3.53. The topological polar surface area (TPSA) is 21.6 Å². The van der Waals surface area contributed by atoms with Crippen molar-refractivity contribution in [2.45, 2.75) is 20.8 Å². The first-order chi connectivity index (χ1) is 6.56. The summed E-state index contributed by atoms with van der Waals surface area (Å²) in [6.45, 7) is 5.96. The lowest BCUT2D eigenvalue weighted by Crippen LogP contribution is -1.98. The van der Waals surface area contributed by atoms with E-state index in [4.69, 9.17) is 16.4 Å². The van der Waals surface area contributed by atoms with Gasteiger partial charge in [-0.05, 0) is 44.0 Å². The smallest absolute Gasteiger partial charge is 0.106 e. The fourth-order valence-electron chi connectivity index (χ4n) is 1.24. The van der Waals surface area contributed by atoms with Gasteiger partial charge in [-0.25, -0.2) is 0 Å². The SMILES string of the molecule is CON=C(C)c1cc(C)c(C)cc1Cl. The molecule has 0 aliphatic rings. The third kappa shape index (κ3) is 2.26. The number of hydrogen-bond donors (Lipinski definition) is 0. The maximum atomic E-state index is 6.10. The van der Waals surface area contributed by atoms with Crippen molar-refractivity contribution >= 4 is 17.3 Å². The molecule has 3 heteroatoms. The molecule has 0 unspecified atom stereocenters. The van der Waals surface area contributed by atoms with Crippen LogP contribution in [0.15, 0.2) is 17.3 Å². The predicted octanol–water partition coefficient (Wildman–Crippen LogP) is 3.33. The number of oxime groups is 1. The van der Waals surface area contributed by atoms with Gasteiger partial charge in [0.05, 0.1) is 10.7 Å². The summed E-state index contributed by atoms with van der Waals surface area (Å²) < 4.78 is 0. The van der Waals surface area contributed by atoms with E-state index >= 15 is 0 Å². The first-order valence-electron chi connectivity index (χ1n) is 4.41. The molecular formula is C11H14ClNO. The molecule has 1 aromatic carbocycles. The summed E-state index contributed by atoms with van der Waals surface area (Å²) in [5.74, 6) is 0. The van der Waals surface area contributed by atoms with Crippen LogP contribution < -0.4 is 0 Å². The standard InChI is InChI=1S/C11H14ClNO/c1-7-5-10(9(3)13-14-4)11(12)6-8(7)2/h5-6H,1-4H3. The summed E-state index contributed by atoms with van der Waals surface area (Å²) >= 11 is 6.10. The zero-order valence-corrected chi connectivity index (χ0v) is 9.64. The highest BCUT2D eigenvalue weighted by Gasteiger charge is 2.06. The van der Waals surface area contributed by atoms with Gasteiger partial charge in [0, 0.05) is 5.56 Å². The summed E-state index contributed by atoms with van der Waals surface area (Å²) in [5, 5.41) is 4.57. The van der Waals surface area contributed by atoms with Crippen molar-refractivity contribution in [2.24, 2.45) is 5.16 Å². The number of aryl methyl sites for hydroxylation is 2. The van der Waals surface area contributed by atoms with Crippen molar-refractivity contribution in [2.75, 3.05) is 7.11 Å². The van der Waals surface area contributed by atoms with Crippen molar-refractivity contribution in [3.8, 4) is 0 Å². The van der Waals surface area contributed by atoms with Crippen LogP contribution in [0.4, 0.5) is 0 Å². The molecule has 1 aromatic rings. The van der Waals surface area contributed by atoms with Crippen molar-refractivity contribution in [1.29, 1.82) is 0 Å². The molecule has 0 aliphatic carbocycles. The summed E-state index contributed by atoms with van der Waals surface area (Å²) in [5.41, 5.74) is 4.11. The lowest BCUT2D eigenvalue weighted by molar-refractivity contribution is 0.213. The van der Waals surface area contributed by atoms with Crippen LogP contribution in [0.5, 0.6) is 0 Å². The van der Waals surface area contributed by atoms with Crippen molar-refractivity contribution < 1.29 is 4.84 Å². The van der Waals surface area contributed by atoms with Gasteiger partial charge in [-0.1, -0.05) is 16.8 Å². The molecule has 0 N–H and O–H groups in total. The maximum absolute atomic E-state index is 6.10. The van der Waals surface area contributed by atoms with Gasteiger partial charge >= 0.3 is 0 Å². The second kappa shape index (κ2) is 4.47. The predicted molar refractivity (Wildman–Crippen MR) is 60.1 cm³/mol. The Morgan fingerprint density at radius 1 is 1.29 bits per heavy atom. The molecule has 0 heterocycles. The van der Waals surface area contributed by atoms with E-state index in [0.29, 0.717) is 5.02 Å². The van der Waals surface area contributed by atoms with Gasteiger partial charge in [-0.3, -0.25) is 0 Å². The number of nitrogens with zero attached hydrogens (tertiary/aromatic N) is 1. The Morgan fingerprint density at radius 3 is 2.43 bits per heavy atom. The van der Waals surface area contributed by atoms with Crippen molar-refractivity contribution in [3.05, 3.63) is 33.8 Å². The number of rotatable bonds is 2. The van der Waals surface area contributed by atoms with Gasteiger partial charge in [0.2, 0.25) is 0 Å². The van der Waals surface area contributed by atoms with E-state index in [2.05, 4.69) is 12.1 Å². The fourth-order valence-corrected chi connectivity index (χ4v) is 1.60. The van der Waals surface area contributed by atoms with Crippen LogP contribution in [0.25, 0.3) is 0 Å². The van der Waals surface area contributed by atoms with Crippen LogP contribution >= 0.6 is 11.6 Å². The van der Waals surface area contributed by atoms with E-state index in [1.807, 2.05) is 26.0 Å². The van der Waals surface area contributed by atoms with Gasteiger partial charge < -0.3 is 4.84 Å². The molecule has 76 valence electrons. The molecule has 0 saturated heterocycles. The van der Waals surface area contributed by atoms with E-state index in [1.54, 1.807) is 0 Å². The lowest BCUT2D eigenvalue weighted by Gasteiger charge is -2.07. The minimum atomic E-state index is 0.714. The van der Waals surface area contributed by atoms with Crippen LogP contribution in [0, 0.1) is 13.8 Å². The first kappa shape index (κ1) is 11.1. The average molecular weight is 212 g/mol. The molecule has 2 nitrogen and oxygen atoms in total. The van der Waals surface area contributed by atoms with E-state index in [0.717, 1.165) is 11.3 Å². The Bertz CT molecular complexity index is 372. The van der Waals surface area contributed by atoms with Crippen LogP contribution in [0.1, 0.15) is 23.6 Å². The highest BCUT2D eigenvalue weighted by Crippen LogP contribution is 2.21. The Balaban J connectivity index is 3.22. The number of benzene rings is 1. The molecule has 0 aliphatic heterocycles. The normalized spacial score (nSPS) is 11.6. The molecule has 0 aromatic heterocycles. The van der Waals surface area contributed by atoms with Gasteiger partial charge in [0.1, 0.15) is 7.11 Å². The molecule has 0 radical (unpaired) electrons. The number of halogens is 1. The zero-order valence-electron chi connectivity index (χ0n) is 8.89. The summed E-state index contributed by atoms with van der Waals surface area (Å²) in [6, 6.07) is 3.97. The average Bonchev–Trinajstić information content (AvgIpc) is 2.11. The third-order valence-corrected chi connectivity index (χ3v) is 2.51. The van der Waals surface area contributed by atoms with Gasteiger partial charge in [0.15, 0.2) is 0 Å². The second-order valence-electron chi connectivity index (χ2n) is 3.28. The molecule has 0 atom stereocenters. The highest BCUT2D eigenvalue weighted by atomic mass is 35.5. The molecule has 14 heavy (non-hydrogen) atoms. The quantitative estimate of drug-likeness (QED) is 0.543. The minimum absolute atomic E-state index is 0.714. The number of hydrogen-bond acceptors (Lipinski definition) is 2. The van der Waals surface area contributed by atoms with Crippen LogP contribution in [0.3, 0.4) is 0 Å². The van der Waals surface area contributed by atoms with E-state index < -0.39 is 0 Å². The summed E-state index contributed by atoms with van der Waals surface area (Å²) in [6.07, 6.45) is 0. The largest absolute Gasteiger partial charge is 0.399 e. The van der Waals surface area contributed by atoms with Gasteiger partial charge in [-0.15, -0.1) is 0 Å². The Hall–Kier alpha value is -1.02. The van der Waals surface area contributed by atoms with Crippen molar-refractivity contribution in [1.82, 2.24) is 0 Å². The zero-order chi connectivity index (χ0) is 10.7.